The van der Waals surface area contributed by atoms with Crippen LogP contribution in [0.5, 0.6) is 11.5 Å². The Balaban J connectivity index is 1.69. The van der Waals surface area contributed by atoms with Crippen molar-refractivity contribution in [2.24, 2.45) is 0 Å². The molecule has 0 fully saturated rings. The summed E-state index contributed by atoms with van der Waals surface area (Å²) in [6.45, 7) is 0.462. The minimum atomic E-state index is -0.375. The molecular formula is C19H21NO5. The third-order valence-electron chi connectivity index (χ3n) is 3.57. The number of para-hydroxylation sites is 2. The Bertz CT molecular complexity index is 729. The number of hydrogen-bond acceptors (Lipinski definition) is 5. The normalized spacial score (nSPS) is 10.1. The van der Waals surface area contributed by atoms with Gasteiger partial charge >= 0.3 is 5.97 Å². The zero-order valence-corrected chi connectivity index (χ0v) is 14.0. The molecule has 6 heteroatoms. The van der Waals surface area contributed by atoms with E-state index in [1.165, 1.54) is 12.1 Å². The monoisotopic (exact) mass is 343 g/mol. The van der Waals surface area contributed by atoms with Gasteiger partial charge in [0.15, 0.2) is 0 Å². The number of amides is 1. The number of carbonyl (C=O) groups is 2. The number of ether oxygens (including phenoxy) is 2. The van der Waals surface area contributed by atoms with Crippen molar-refractivity contribution in [1.82, 2.24) is 5.32 Å². The number of rotatable bonds is 8. The van der Waals surface area contributed by atoms with Gasteiger partial charge in [-0.15, -0.1) is 0 Å². The van der Waals surface area contributed by atoms with E-state index in [0.29, 0.717) is 18.7 Å². The van der Waals surface area contributed by atoms with E-state index in [2.05, 4.69) is 5.32 Å². The van der Waals surface area contributed by atoms with Gasteiger partial charge in [0, 0.05) is 18.5 Å². The van der Waals surface area contributed by atoms with E-state index < -0.39 is 0 Å². The van der Waals surface area contributed by atoms with Gasteiger partial charge in [0.05, 0.1) is 12.7 Å². The van der Waals surface area contributed by atoms with E-state index in [-0.39, 0.29) is 36.2 Å². The van der Waals surface area contributed by atoms with Gasteiger partial charge in [0.25, 0.3) is 5.91 Å². The number of esters is 1. The zero-order valence-electron chi connectivity index (χ0n) is 14.0. The second-order valence-electron chi connectivity index (χ2n) is 5.35. The fraction of sp³-hybridized carbons (Fsp3) is 0.263. The maximum absolute atomic E-state index is 11.9. The summed E-state index contributed by atoms with van der Waals surface area (Å²) in [6, 6.07) is 13.6. The highest BCUT2D eigenvalue weighted by atomic mass is 16.5. The molecule has 0 aromatic heterocycles. The number of nitrogens with one attached hydrogen (secondary N) is 1. The summed E-state index contributed by atoms with van der Waals surface area (Å²) in [6.07, 6.45) is 0.639. The molecule has 0 aliphatic heterocycles. The Kier molecular flexibility index (Phi) is 6.83. The van der Waals surface area contributed by atoms with E-state index in [0.717, 1.165) is 5.56 Å². The smallest absolute Gasteiger partial charge is 0.306 e. The summed E-state index contributed by atoms with van der Waals surface area (Å²) in [5.74, 6) is -0.121. The maximum Gasteiger partial charge on any atom is 0.306 e. The van der Waals surface area contributed by atoms with E-state index in [1.54, 1.807) is 25.3 Å². The molecule has 2 rings (SSSR count). The average Bonchev–Trinajstić information content (AvgIpc) is 2.64. The molecule has 0 spiro atoms. The highest BCUT2D eigenvalue weighted by Gasteiger charge is 2.10. The molecule has 0 saturated carbocycles. The minimum absolute atomic E-state index is 0.0729. The summed E-state index contributed by atoms with van der Waals surface area (Å²) >= 11 is 0. The van der Waals surface area contributed by atoms with Crippen LogP contribution in [0.3, 0.4) is 0 Å². The Morgan fingerprint density at radius 2 is 1.80 bits per heavy atom. The number of hydrogen-bond donors (Lipinski definition) is 2. The first kappa shape index (κ1) is 18.3. The molecule has 2 N–H and O–H groups in total. The lowest BCUT2D eigenvalue weighted by Crippen LogP contribution is -2.25. The van der Waals surface area contributed by atoms with Gasteiger partial charge in [-0.1, -0.05) is 30.3 Å². The second kappa shape index (κ2) is 9.32. The van der Waals surface area contributed by atoms with Crippen molar-refractivity contribution < 1.29 is 24.2 Å². The average molecular weight is 343 g/mol. The largest absolute Gasteiger partial charge is 0.507 e. The van der Waals surface area contributed by atoms with Crippen LogP contribution < -0.4 is 10.1 Å². The fourth-order valence-electron chi connectivity index (χ4n) is 2.25. The predicted molar refractivity (Wildman–Crippen MR) is 92.5 cm³/mol. The van der Waals surface area contributed by atoms with Crippen molar-refractivity contribution in [1.29, 1.82) is 0 Å². The molecule has 2 aromatic rings. The Morgan fingerprint density at radius 3 is 2.56 bits per heavy atom. The second-order valence-corrected chi connectivity index (χ2v) is 5.35. The lowest BCUT2D eigenvalue weighted by atomic mass is 10.2. The zero-order chi connectivity index (χ0) is 18.1. The highest BCUT2D eigenvalue weighted by molar-refractivity contribution is 5.96. The van der Waals surface area contributed by atoms with Gasteiger partial charge in [-0.25, -0.2) is 0 Å². The molecule has 0 saturated heterocycles. The van der Waals surface area contributed by atoms with Gasteiger partial charge in [0.1, 0.15) is 18.1 Å². The molecule has 0 radical (unpaired) electrons. The van der Waals surface area contributed by atoms with Crippen LogP contribution in [0, 0.1) is 0 Å². The molecule has 0 heterocycles. The third kappa shape index (κ3) is 5.53. The first-order chi connectivity index (χ1) is 12.1. The van der Waals surface area contributed by atoms with Crippen LogP contribution in [-0.2, 0) is 16.1 Å². The molecule has 0 unspecified atom stereocenters. The SMILES string of the molecule is COc1ccccc1COC(=O)CCCNC(=O)c1ccccc1O. The van der Waals surface area contributed by atoms with E-state index in [1.807, 2.05) is 18.2 Å². The molecule has 132 valence electrons. The molecule has 0 atom stereocenters. The molecular weight excluding hydrogens is 322 g/mol. The fourth-order valence-corrected chi connectivity index (χ4v) is 2.25. The van der Waals surface area contributed by atoms with Gasteiger partial charge in [-0.3, -0.25) is 9.59 Å². The molecule has 25 heavy (non-hydrogen) atoms. The first-order valence-corrected chi connectivity index (χ1v) is 7.95. The third-order valence-corrected chi connectivity index (χ3v) is 3.57. The Labute approximate surface area is 146 Å². The van der Waals surface area contributed by atoms with Crippen LogP contribution >= 0.6 is 0 Å². The van der Waals surface area contributed by atoms with Crippen molar-refractivity contribution in [2.45, 2.75) is 19.4 Å². The quantitative estimate of drug-likeness (QED) is 0.568. The van der Waals surface area contributed by atoms with E-state index in [9.17, 15) is 14.7 Å². The summed E-state index contributed by atoms with van der Waals surface area (Å²) in [7, 11) is 1.56. The van der Waals surface area contributed by atoms with Crippen LogP contribution in [-0.4, -0.2) is 30.6 Å². The van der Waals surface area contributed by atoms with E-state index >= 15 is 0 Å². The maximum atomic E-state index is 11.9. The van der Waals surface area contributed by atoms with Gasteiger partial charge in [0.2, 0.25) is 0 Å². The standard InChI is InChI=1S/C19H21NO5/c1-24-17-10-5-2-7-14(17)13-25-18(22)11-6-12-20-19(23)15-8-3-4-9-16(15)21/h2-5,7-10,21H,6,11-13H2,1H3,(H,20,23). The van der Waals surface area contributed by atoms with Crippen LogP contribution in [0.15, 0.2) is 48.5 Å². The Morgan fingerprint density at radius 1 is 1.08 bits per heavy atom. The van der Waals surface area contributed by atoms with Crippen LogP contribution in [0.2, 0.25) is 0 Å². The van der Waals surface area contributed by atoms with Gasteiger partial charge in [-0.05, 0) is 24.6 Å². The number of carbonyl (C=O) groups excluding carboxylic acids is 2. The number of phenols is 1. The molecule has 0 aliphatic carbocycles. The molecule has 0 aliphatic rings. The molecule has 6 nitrogen and oxygen atoms in total. The Hall–Kier alpha value is -3.02. The topological polar surface area (TPSA) is 84.9 Å². The van der Waals surface area contributed by atoms with E-state index in [4.69, 9.17) is 9.47 Å². The van der Waals surface area contributed by atoms with Crippen molar-refractivity contribution in [2.75, 3.05) is 13.7 Å². The summed E-state index contributed by atoms with van der Waals surface area (Å²) in [5, 5.41) is 12.3. The van der Waals surface area contributed by atoms with Crippen LogP contribution in [0.25, 0.3) is 0 Å². The van der Waals surface area contributed by atoms with Crippen molar-refractivity contribution in [3.8, 4) is 11.5 Å². The van der Waals surface area contributed by atoms with Gasteiger partial charge in [-0.2, -0.15) is 0 Å². The van der Waals surface area contributed by atoms with Gasteiger partial charge < -0.3 is 19.9 Å². The number of methoxy groups -OCH3 is 1. The van der Waals surface area contributed by atoms with Crippen LogP contribution in [0.4, 0.5) is 0 Å². The molecule has 0 bridgehead atoms. The number of aromatic hydroxyl groups is 1. The summed E-state index contributed by atoms with van der Waals surface area (Å²) < 4.78 is 10.4. The van der Waals surface area contributed by atoms with Crippen molar-refractivity contribution in [3.05, 3.63) is 59.7 Å². The number of phenolic OH excluding ortho intramolecular Hbond substituents is 1. The summed E-state index contributed by atoms with van der Waals surface area (Å²) in [5.41, 5.74) is 1.01. The lowest BCUT2D eigenvalue weighted by Gasteiger charge is -2.09. The lowest BCUT2D eigenvalue weighted by molar-refractivity contribution is -0.145. The van der Waals surface area contributed by atoms with Crippen molar-refractivity contribution >= 4 is 11.9 Å². The summed E-state index contributed by atoms with van der Waals surface area (Å²) in [4.78, 5) is 23.7. The van der Waals surface area contributed by atoms with Crippen molar-refractivity contribution in [3.63, 3.8) is 0 Å². The minimum Gasteiger partial charge on any atom is -0.507 e. The highest BCUT2D eigenvalue weighted by Crippen LogP contribution is 2.18. The first-order valence-electron chi connectivity index (χ1n) is 7.95. The molecule has 1 amide bonds. The molecule has 2 aromatic carbocycles. The number of benzene rings is 2. The predicted octanol–water partition coefficient (Wildman–Crippen LogP) is 2.65. The van der Waals surface area contributed by atoms with Crippen LogP contribution in [0.1, 0.15) is 28.8 Å².